The Labute approximate surface area is 362 Å². The number of para-hydroxylation sites is 4. The second-order valence-electron chi connectivity index (χ2n) is 16.3. The van der Waals surface area contributed by atoms with Crippen molar-refractivity contribution in [3.05, 3.63) is 234 Å². The summed E-state index contributed by atoms with van der Waals surface area (Å²) < 4.78 is 4.94. The Kier molecular flexibility index (Phi) is 9.91. The van der Waals surface area contributed by atoms with Crippen molar-refractivity contribution >= 4 is 38.8 Å². The summed E-state index contributed by atoms with van der Waals surface area (Å²) in [6, 6.07) is 71.9. The molecule has 4 N–H and O–H groups in total. The molecule has 5 nitrogen and oxygen atoms in total. The Balaban J connectivity index is 0.973. The normalized spacial score (nSPS) is 13.4. The number of hydrogen-bond acceptors (Lipinski definition) is 3. The Hall–Kier alpha value is -7.28. The molecule has 62 heavy (non-hydrogen) atoms. The summed E-state index contributed by atoms with van der Waals surface area (Å²) in [6.45, 7) is 0.674. The molecule has 1 aliphatic rings. The van der Waals surface area contributed by atoms with Gasteiger partial charge in [0.1, 0.15) is 0 Å². The van der Waals surface area contributed by atoms with Gasteiger partial charge in [0, 0.05) is 45.2 Å². The molecule has 2 heterocycles. The Bertz CT molecular complexity index is 3230. The van der Waals surface area contributed by atoms with E-state index in [0.29, 0.717) is 6.54 Å². The number of hydrogen-bond donors (Lipinski definition) is 3. The molecule has 2 aromatic heterocycles. The Morgan fingerprint density at radius 2 is 1.19 bits per heavy atom. The molecule has 0 saturated carbocycles. The van der Waals surface area contributed by atoms with Crippen LogP contribution in [-0.4, -0.2) is 9.13 Å². The number of aryl methyl sites for hydroxylation is 1. The van der Waals surface area contributed by atoms with E-state index in [9.17, 15) is 0 Å². The molecule has 2 atom stereocenters. The average Bonchev–Trinajstić information content (AvgIpc) is 3.86. The molecule has 0 fully saturated rings. The van der Waals surface area contributed by atoms with Gasteiger partial charge in [0.05, 0.1) is 34.6 Å². The van der Waals surface area contributed by atoms with Crippen molar-refractivity contribution in [1.82, 2.24) is 19.8 Å². The van der Waals surface area contributed by atoms with Crippen molar-refractivity contribution in [2.45, 2.75) is 31.7 Å². The molecule has 0 amide bonds. The molecular weight excluding hydrogens is 755 g/mol. The predicted molar refractivity (Wildman–Crippen MR) is 258 cm³/mol. The van der Waals surface area contributed by atoms with Crippen LogP contribution in [0.25, 0.3) is 72.4 Å². The first kappa shape index (κ1) is 37.7. The van der Waals surface area contributed by atoms with Crippen LogP contribution in [0.1, 0.15) is 46.7 Å². The third-order valence-corrected chi connectivity index (χ3v) is 12.5. The van der Waals surface area contributed by atoms with Crippen LogP contribution in [0.15, 0.2) is 206 Å². The van der Waals surface area contributed by atoms with Crippen molar-refractivity contribution < 1.29 is 0 Å². The third-order valence-electron chi connectivity index (χ3n) is 12.5. The van der Waals surface area contributed by atoms with Crippen LogP contribution in [0.4, 0.5) is 0 Å². The molecule has 1 aliphatic carbocycles. The van der Waals surface area contributed by atoms with Gasteiger partial charge in [0.2, 0.25) is 0 Å². The summed E-state index contributed by atoms with van der Waals surface area (Å²) in [6.07, 6.45) is 6.24. The van der Waals surface area contributed by atoms with E-state index < -0.39 is 0 Å². The van der Waals surface area contributed by atoms with Crippen LogP contribution < -0.4 is 16.4 Å². The summed E-state index contributed by atoms with van der Waals surface area (Å²) in [5.41, 5.74) is 23.5. The van der Waals surface area contributed by atoms with E-state index >= 15 is 0 Å². The minimum atomic E-state index is -0.318. The molecule has 5 heteroatoms. The summed E-state index contributed by atoms with van der Waals surface area (Å²) in [5.74, 6) is 0. The number of aromatic nitrogens is 2. The molecule has 2 unspecified atom stereocenters. The fourth-order valence-corrected chi connectivity index (χ4v) is 9.59. The molecule has 0 aliphatic heterocycles. The SMILES string of the molecule is NC(NC(NCc1cccc(-c2ccc3c(c2)c2c(n3-c3ccccc3-c3cccc4c5ccccc5n(-c5ccccc5)c34)C=CCC2)c1)c1ccccc1)c1ccccc1. The number of benzene rings is 8. The number of fused-ring (bicyclic) bond motifs is 6. The average molecular weight is 802 g/mol. The lowest BCUT2D eigenvalue weighted by atomic mass is 9.97. The standard InChI is InChI=1S/C57H47N5/c58-56(40-19-4-1-5-20-40)60-57(41-21-6-2-7-22-41)59-38-39-18-16-23-42(36-39)43-34-35-54-50(37-43)47-28-12-15-33-53(47)62(54)52-32-14-11-27-46(52)49-30-17-29-48-45-26-10-13-31-51(45)61(55(48)49)44-24-8-3-9-25-44/h1-11,13-27,29-37,56-57,59-60H,12,28,38,58H2. The summed E-state index contributed by atoms with van der Waals surface area (Å²) in [4.78, 5) is 0. The first-order valence-corrected chi connectivity index (χ1v) is 21.6. The molecule has 0 saturated heterocycles. The number of allylic oxidation sites excluding steroid dienone is 1. The molecule has 0 spiro atoms. The molecule has 8 aromatic carbocycles. The number of nitrogens with one attached hydrogen (secondary N) is 2. The second-order valence-corrected chi connectivity index (χ2v) is 16.3. The van der Waals surface area contributed by atoms with Gasteiger partial charge in [-0.1, -0.05) is 164 Å². The van der Waals surface area contributed by atoms with Crippen molar-refractivity contribution in [3.8, 4) is 33.6 Å². The number of nitrogens with zero attached hydrogens (tertiary/aromatic N) is 2. The Morgan fingerprint density at radius 3 is 2.03 bits per heavy atom. The topological polar surface area (TPSA) is 59.9 Å². The van der Waals surface area contributed by atoms with E-state index in [4.69, 9.17) is 5.73 Å². The van der Waals surface area contributed by atoms with Gasteiger partial charge in [-0.15, -0.1) is 0 Å². The van der Waals surface area contributed by atoms with Gasteiger partial charge in [-0.25, -0.2) is 0 Å². The Morgan fingerprint density at radius 1 is 0.532 bits per heavy atom. The lowest BCUT2D eigenvalue weighted by Crippen LogP contribution is -2.39. The zero-order chi connectivity index (χ0) is 41.4. The third kappa shape index (κ3) is 6.83. The molecule has 11 rings (SSSR count). The first-order valence-electron chi connectivity index (χ1n) is 21.6. The van der Waals surface area contributed by atoms with Gasteiger partial charge in [-0.2, -0.15) is 0 Å². The molecule has 300 valence electrons. The van der Waals surface area contributed by atoms with Gasteiger partial charge < -0.3 is 14.9 Å². The highest BCUT2D eigenvalue weighted by atomic mass is 15.2. The van der Waals surface area contributed by atoms with Crippen molar-refractivity contribution in [2.75, 3.05) is 0 Å². The van der Waals surface area contributed by atoms with Crippen LogP contribution in [0.2, 0.25) is 0 Å². The van der Waals surface area contributed by atoms with E-state index in [1.807, 2.05) is 24.3 Å². The smallest absolute Gasteiger partial charge is 0.0852 e. The molecular formula is C57H47N5. The molecule has 0 bridgehead atoms. The van der Waals surface area contributed by atoms with Gasteiger partial charge in [-0.3, -0.25) is 10.6 Å². The molecule has 10 aromatic rings. The van der Waals surface area contributed by atoms with Crippen molar-refractivity contribution in [3.63, 3.8) is 0 Å². The van der Waals surface area contributed by atoms with Crippen LogP contribution >= 0.6 is 0 Å². The fraction of sp³-hybridized carbons (Fsp3) is 0.0877. The van der Waals surface area contributed by atoms with Crippen molar-refractivity contribution in [2.24, 2.45) is 5.73 Å². The van der Waals surface area contributed by atoms with E-state index in [1.165, 1.54) is 77.5 Å². The van der Waals surface area contributed by atoms with E-state index in [-0.39, 0.29) is 12.3 Å². The maximum Gasteiger partial charge on any atom is 0.0852 e. The van der Waals surface area contributed by atoms with Gasteiger partial charge >= 0.3 is 0 Å². The minimum absolute atomic E-state index is 0.137. The van der Waals surface area contributed by atoms with Crippen LogP contribution in [0.5, 0.6) is 0 Å². The highest BCUT2D eigenvalue weighted by Gasteiger charge is 2.23. The van der Waals surface area contributed by atoms with Crippen molar-refractivity contribution in [1.29, 1.82) is 0 Å². The van der Waals surface area contributed by atoms with Crippen LogP contribution in [0.3, 0.4) is 0 Å². The monoisotopic (exact) mass is 801 g/mol. The van der Waals surface area contributed by atoms with E-state index in [1.54, 1.807) is 0 Å². The zero-order valence-electron chi connectivity index (χ0n) is 34.5. The largest absolute Gasteiger partial charge is 0.312 e. The summed E-state index contributed by atoms with van der Waals surface area (Å²) >= 11 is 0. The maximum absolute atomic E-state index is 6.68. The quantitative estimate of drug-likeness (QED) is 0.114. The second kappa shape index (κ2) is 16.3. The highest BCUT2D eigenvalue weighted by molar-refractivity contribution is 6.14. The summed E-state index contributed by atoms with van der Waals surface area (Å²) in [7, 11) is 0. The first-order chi connectivity index (χ1) is 30.7. The number of rotatable bonds is 11. The lowest BCUT2D eigenvalue weighted by Gasteiger charge is -2.25. The molecule has 0 radical (unpaired) electrons. The fourth-order valence-electron chi connectivity index (χ4n) is 9.59. The predicted octanol–water partition coefficient (Wildman–Crippen LogP) is 13.1. The minimum Gasteiger partial charge on any atom is -0.312 e. The van der Waals surface area contributed by atoms with Crippen LogP contribution in [-0.2, 0) is 13.0 Å². The van der Waals surface area contributed by atoms with Crippen LogP contribution in [0, 0.1) is 0 Å². The van der Waals surface area contributed by atoms with Gasteiger partial charge in [-0.05, 0) is 94.8 Å². The lowest BCUT2D eigenvalue weighted by molar-refractivity contribution is 0.386. The summed E-state index contributed by atoms with van der Waals surface area (Å²) in [5, 5.41) is 11.2. The van der Waals surface area contributed by atoms with E-state index in [0.717, 1.165) is 29.7 Å². The highest BCUT2D eigenvalue weighted by Crippen LogP contribution is 2.43. The zero-order valence-corrected chi connectivity index (χ0v) is 34.5. The van der Waals surface area contributed by atoms with Gasteiger partial charge in [0.25, 0.3) is 0 Å². The van der Waals surface area contributed by atoms with E-state index in [2.05, 4.69) is 208 Å². The maximum atomic E-state index is 6.68. The van der Waals surface area contributed by atoms with Gasteiger partial charge in [0.15, 0.2) is 0 Å². The number of nitrogens with two attached hydrogens (primary N) is 1.